The standard InChI is InChI=1S/C15H22N2O2S/c1-10(11-6-7-11)17(8-9-19-2)15-16-12-4-3-5-13(18)14(12)20-15/h10-11H,3-9H2,1-2H3. The van der Waals surface area contributed by atoms with Gasteiger partial charge in [-0.05, 0) is 38.5 Å². The Morgan fingerprint density at radius 3 is 2.90 bits per heavy atom. The van der Waals surface area contributed by atoms with Crippen LogP contribution in [-0.2, 0) is 11.2 Å². The van der Waals surface area contributed by atoms with Crippen molar-refractivity contribution in [1.82, 2.24) is 4.98 Å². The predicted molar refractivity (Wildman–Crippen MR) is 80.8 cm³/mol. The summed E-state index contributed by atoms with van der Waals surface area (Å²) < 4.78 is 5.24. The lowest BCUT2D eigenvalue weighted by Crippen LogP contribution is -2.37. The highest BCUT2D eigenvalue weighted by Gasteiger charge is 2.34. The molecule has 0 aromatic carbocycles. The summed E-state index contributed by atoms with van der Waals surface area (Å²) in [6, 6.07) is 0.493. The number of hydrogen-bond acceptors (Lipinski definition) is 5. The third kappa shape index (κ3) is 2.74. The van der Waals surface area contributed by atoms with Gasteiger partial charge in [0.2, 0.25) is 0 Å². The van der Waals surface area contributed by atoms with E-state index >= 15 is 0 Å². The fourth-order valence-electron chi connectivity index (χ4n) is 2.88. The number of carbonyl (C=O) groups is 1. The average molecular weight is 294 g/mol. The molecule has 0 radical (unpaired) electrons. The second-order valence-corrected chi connectivity index (χ2v) is 6.79. The molecule has 1 fully saturated rings. The Morgan fingerprint density at radius 1 is 1.45 bits per heavy atom. The number of Topliss-reactive ketones (excluding diaryl/α,β-unsaturated/α-hetero) is 1. The van der Waals surface area contributed by atoms with Gasteiger partial charge in [0.05, 0.1) is 17.2 Å². The second-order valence-electron chi connectivity index (χ2n) is 5.81. The van der Waals surface area contributed by atoms with Crippen LogP contribution in [0.4, 0.5) is 5.13 Å². The monoisotopic (exact) mass is 294 g/mol. The summed E-state index contributed by atoms with van der Waals surface area (Å²) in [7, 11) is 1.73. The number of rotatable bonds is 6. The normalized spacial score (nSPS) is 19.8. The lowest BCUT2D eigenvalue weighted by atomic mass is 10.0. The number of ketones is 1. The first-order valence-corrected chi connectivity index (χ1v) is 8.31. The average Bonchev–Trinajstić information content (AvgIpc) is 3.20. The molecule has 0 spiro atoms. The van der Waals surface area contributed by atoms with E-state index < -0.39 is 0 Å². The number of ether oxygens (including phenoxy) is 1. The van der Waals surface area contributed by atoms with Crippen LogP contribution in [0.3, 0.4) is 0 Å². The topological polar surface area (TPSA) is 42.4 Å². The van der Waals surface area contributed by atoms with Crippen LogP contribution in [-0.4, -0.2) is 37.1 Å². The van der Waals surface area contributed by atoms with Crippen molar-refractivity contribution in [2.45, 2.75) is 45.1 Å². The summed E-state index contributed by atoms with van der Waals surface area (Å²) in [6.45, 7) is 3.83. The second kappa shape index (κ2) is 5.82. The molecule has 1 unspecified atom stereocenters. The number of hydrogen-bond donors (Lipinski definition) is 0. The number of thiazole rings is 1. The third-order valence-corrected chi connectivity index (χ3v) is 5.51. The van der Waals surface area contributed by atoms with Crippen LogP contribution in [0.2, 0.25) is 0 Å². The number of aromatic nitrogens is 1. The zero-order valence-electron chi connectivity index (χ0n) is 12.2. The van der Waals surface area contributed by atoms with Crippen LogP contribution in [0.25, 0.3) is 0 Å². The number of nitrogens with zero attached hydrogens (tertiary/aromatic N) is 2. The summed E-state index contributed by atoms with van der Waals surface area (Å²) in [6.07, 6.45) is 5.22. The number of carbonyl (C=O) groups excluding carboxylic acids is 1. The molecule has 0 aliphatic heterocycles. The van der Waals surface area contributed by atoms with Crippen molar-refractivity contribution in [1.29, 1.82) is 0 Å². The number of fused-ring (bicyclic) bond motifs is 1. The minimum Gasteiger partial charge on any atom is -0.383 e. The first-order chi connectivity index (χ1) is 9.70. The minimum absolute atomic E-state index is 0.278. The fourth-order valence-corrected chi connectivity index (χ4v) is 4.07. The van der Waals surface area contributed by atoms with E-state index in [4.69, 9.17) is 9.72 Å². The molecule has 2 aliphatic carbocycles. The quantitative estimate of drug-likeness (QED) is 0.809. The van der Waals surface area contributed by atoms with Gasteiger partial charge < -0.3 is 9.64 Å². The van der Waals surface area contributed by atoms with Crippen molar-refractivity contribution in [3.8, 4) is 0 Å². The molecule has 20 heavy (non-hydrogen) atoms. The molecule has 0 amide bonds. The van der Waals surface area contributed by atoms with Crippen molar-refractivity contribution in [2.75, 3.05) is 25.2 Å². The number of aryl methyl sites for hydroxylation is 1. The van der Waals surface area contributed by atoms with E-state index in [1.807, 2.05) is 0 Å². The Labute approximate surface area is 124 Å². The molecule has 4 nitrogen and oxygen atoms in total. The summed E-state index contributed by atoms with van der Waals surface area (Å²) in [5.41, 5.74) is 1.02. The minimum atomic E-state index is 0.278. The Morgan fingerprint density at radius 2 is 2.25 bits per heavy atom. The van der Waals surface area contributed by atoms with Crippen LogP contribution in [0.1, 0.15) is 48.0 Å². The first-order valence-electron chi connectivity index (χ1n) is 7.49. The van der Waals surface area contributed by atoms with Crippen molar-refractivity contribution < 1.29 is 9.53 Å². The van der Waals surface area contributed by atoms with Crippen molar-refractivity contribution in [3.05, 3.63) is 10.6 Å². The van der Waals surface area contributed by atoms with Gasteiger partial charge in [0.15, 0.2) is 10.9 Å². The van der Waals surface area contributed by atoms with Gasteiger partial charge in [-0.25, -0.2) is 4.98 Å². The number of methoxy groups -OCH3 is 1. The molecule has 1 aromatic heterocycles. The van der Waals surface area contributed by atoms with Gasteiger partial charge in [-0.15, -0.1) is 0 Å². The smallest absolute Gasteiger partial charge is 0.186 e. The van der Waals surface area contributed by atoms with Crippen molar-refractivity contribution in [3.63, 3.8) is 0 Å². The van der Waals surface area contributed by atoms with Gasteiger partial charge >= 0.3 is 0 Å². The lowest BCUT2D eigenvalue weighted by molar-refractivity contribution is 0.0976. The molecule has 1 heterocycles. The molecule has 2 aliphatic rings. The predicted octanol–water partition coefficient (Wildman–Crippen LogP) is 2.91. The highest BCUT2D eigenvalue weighted by molar-refractivity contribution is 7.17. The molecule has 0 saturated heterocycles. The van der Waals surface area contributed by atoms with E-state index in [2.05, 4.69) is 11.8 Å². The maximum Gasteiger partial charge on any atom is 0.186 e. The van der Waals surface area contributed by atoms with Crippen LogP contribution >= 0.6 is 11.3 Å². The highest BCUT2D eigenvalue weighted by Crippen LogP contribution is 2.39. The molecule has 5 heteroatoms. The van der Waals surface area contributed by atoms with Crippen molar-refractivity contribution >= 4 is 22.3 Å². The van der Waals surface area contributed by atoms with E-state index in [9.17, 15) is 4.79 Å². The third-order valence-electron chi connectivity index (χ3n) is 4.33. The van der Waals surface area contributed by atoms with Gasteiger partial charge in [0.25, 0.3) is 0 Å². The first kappa shape index (κ1) is 14.0. The summed E-state index contributed by atoms with van der Waals surface area (Å²) >= 11 is 1.59. The molecular formula is C15H22N2O2S. The molecule has 1 atom stereocenters. The van der Waals surface area contributed by atoms with E-state index in [0.717, 1.165) is 41.0 Å². The van der Waals surface area contributed by atoms with Gasteiger partial charge in [0, 0.05) is 26.1 Å². The molecule has 1 saturated carbocycles. The van der Waals surface area contributed by atoms with Crippen LogP contribution in [0.5, 0.6) is 0 Å². The van der Waals surface area contributed by atoms with Gasteiger partial charge in [0.1, 0.15) is 0 Å². The fraction of sp³-hybridized carbons (Fsp3) is 0.733. The molecular weight excluding hydrogens is 272 g/mol. The maximum absolute atomic E-state index is 12.0. The Kier molecular flexibility index (Phi) is 4.08. The zero-order valence-corrected chi connectivity index (χ0v) is 13.0. The Hall–Kier alpha value is -0.940. The largest absolute Gasteiger partial charge is 0.383 e. The lowest BCUT2D eigenvalue weighted by Gasteiger charge is -2.28. The molecule has 3 rings (SSSR count). The summed E-state index contributed by atoms with van der Waals surface area (Å²) in [5.74, 6) is 1.06. The molecule has 0 bridgehead atoms. The van der Waals surface area contributed by atoms with Crippen LogP contribution < -0.4 is 4.90 Å². The van der Waals surface area contributed by atoms with E-state index in [1.165, 1.54) is 12.8 Å². The maximum atomic E-state index is 12.0. The van der Waals surface area contributed by atoms with E-state index in [-0.39, 0.29) is 5.78 Å². The highest BCUT2D eigenvalue weighted by atomic mass is 32.1. The zero-order chi connectivity index (χ0) is 14.1. The molecule has 1 aromatic rings. The van der Waals surface area contributed by atoms with Crippen LogP contribution in [0, 0.1) is 5.92 Å². The van der Waals surface area contributed by atoms with E-state index in [1.54, 1.807) is 18.4 Å². The Bertz CT molecular complexity index is 496. The summed E-state index contributed by atoms with van der Waals surface area (Å²) in [5, 5.41) is 1.02. The SMILES string of the molecule is COCCN(c1nc2c(s1)C(=O)CCC2)C(C)C1CC1. The van der Waals surface area contributed by atoms with Crippen molar-refractivity contribution in [2.24, 2.45) is 5.92 Å². The Balaban J connectivity index is 1.84. The number of anilines is 1. The van der Waals surface area contributed by atoms with Gasteiger partial charge in [-0.1, -0.05) is 11.3 Å². The molecule has 0 N–H and O–H groups in total. The van der Waals surface area contributed by atoms with Gasteiger partial charge in [-0.3, -0.25) is 4.79 Å². The molecule has 110 valence electrons. The van der Waals surface area contributed by atoms with E-state index in [0.29, 0.717) is 19.1 Å². The van der Waals surface area contributed by atoms with Crippen LogP contribution in [0.15, 0.2) is 0 Å². The van der Waals surface area contributed by atoms with Gasteiger partial charge in [-0.2, -0.15) is 0 Å². The summed E-state index contributed by atoms with van der Waals surface area (Å²) in [4.78, 5) is 20.0.